The highest BCUT2D eigenvalue weighted by molar-refractivity contribution is 9.10. The number of sulfonamides is 1. The third-order valence-corrected chi connectivity index (χ3v) is 4.23. The van der Waals surface area contributed by atoms with E-state index in [2.05, 4.69) is 20.7 Å². The lowest BCUT2D eigenvalue weighted by atomic mass is 10.2. The standard InChI is InChI=1S/C10H14BrClN2O2S/c1-14(2)10-4-3-8(11)7-9(10)13-17(15,16)6-5-12/h3-4,7,13H,5-6H2,1-2H3. The van der Waals surface area contributed by atoms with Gasteiger partial charge < -0.3 is 4.90 Å². The molecule has 1 aromatic carbocycles. The molecular formula is C10H14BrClN2O2S. The third-order valence-electron chi connectivity index (χ3n) is 2.05. The average molecular weight is 342 g/mol. The molecule has 0 aliphatic rings. The summed E-state index contributed by atoms with van der Waals surface area (Å²) in [5.74, 6) is -0.0332. The Balaban J connectivity index is 3.08. The second-order valence-electron chi connectivity index (χ2n) is 3.67. The quantitative estimate of drug-likeness (QED) is 0.837. The van der Waals surface area contributed by atoms with E-state index in [1.807, 2.05) is 31.1 Å². The van der Waals surface area contributed by atoms with Crippen molar-refractivity contribution in [1.29, 1.82) is 0 Å². The van der Waals surface area contributed by atoms with Gasteiger partial charge in [0.05, 0.1) is 17.1 Å². The molecule has 0 fully saturated rings. The van der Waals surface area contributed by atoms with Crippen molar-refractivity contribution in [2.24, 2.45) is 0 Å². The molecule has 0 heterocycles. The molecule has 96 valence electrons. The summed E-state index contributed by atoms with van der Waals surface area (Å²) in [6, 6.07) is 5.42. The van der Waals surface area contributed by atoms with Crippen LogP contribution in [0.1, 0.15) is 0 Å². The van der Waals surface area contributed by atoms with Gasteiger partial charge in [-0.1, -0.05) is 15.9 Å². The highest BCUT2D eigenvalue weighted by Gasteiger charge is 2.13. The maximum absolute atomic E-state index is 11.7. The molecular weight excluding hydrogens is 328 g/mol. The highest BCUT2D eigenvalue weighted by atomic mass is 79.9. The van der Waals surface area contributed by atoms with Crippen molar-refractivity contribution < 1.29 is 8.42 Å². The van der Waals surface area contributed by atoms with E-state index in [0.717, 1.165) is 10.2 Å². The van der Waals surface area contributed by atoms with Gasteiger partial charge in [-0.15, -0.1) is 11.6 Å². The van der Waals surface area contributed by atoms with Gasteiger partial charge in [0.2, 0.25) is 10.0 Å². The molecule has 0 radical (unpaired) electrons. The zero-order valence-electron chi connectivity index (χ0n) is 9.57. The van der Waals surface area contributed by atoms with Gasteiger partial charge in [0.15, 0.2) is 0 Å². The van der Waals surface area contributed by atoms with E-state index < -0.39 is 10.0 Å². The van der Waals surface area contributed by atoms with Crippen LogP contribution < -0.4 is 9.62 Å². The van der Waals surface area contributed by atoms with Gasteiger partial charge in [-0.05, 0) is 18.2 Å². The molecule has 1 rings (SSSR count). The van der Waals surface area contributed by atoms with Crippen LogP contribution in [0.25, 0.3) is 0 Å². The maximum atomic E-state index is 11.7. The third kappa shape index (κ3) is 4.37. The van der Waals surface area contributed by atoms with Gasteiger partial charge in [0.25, 0.3) is 0 Å². The van der Waals surface area contributed by atoms with Crippen LogP contribution >= 0.6 is 27.5 Å². The fraction of sp³-hybridized carbons (Fsp3) is 0.400. The number of hydrogen-bond donors (Lipinski definition) is 1. The molecule has 0 aliphatic carbocycles. The first-order valence-corrected chi connectivity index (χ1v) is 7.87. The van der Waals surface area contributed by atoms with E-state index in [0.29, 0.717) is 5.69 Å². The Bertz CT molecular complexity index is 491. The molecule has 0 saturated carbocycles. The smallest absolute Gasteiger partial charge is 0.233 e. The summed E-state index contributed by atoms with van der Waals surface area (Å²) in [5, 5.41) is 0. The Morgan fingerprint density at radius 2 is 2.06 bits per heavy atom. The van der Waals surface area contributed by atoms with Gasteiger partial charge >= 0.3 is 0 Å². The van der Waals surface area contributed by atoms with Crippen molar-refractivity contribution in [1.82, 2.24) is 0 Å². The van der Waals surface area contributed by atoms with Crippen molar-refractivity contribution in [3.8, 4) is 0 Å². The zero-order valence-corrected chi connectivity index (χ0v) is 12.7. The number of hydrogen-bond acceptors (Lipinski definition) is 3. The van der Waals surface area contributed by atoms with Gasteiger partial charge in [-0.25, -0.2) is 8.42 Å². The Morgan fingerprint density at radius 1 is 1.41 bits per heavy atom. The second-order valence-corrected chi connectivity index (χ2v) is 6.80. The first-order valence-electron chi connectivity index (χ1n) is 4.89. The first-order chi connectivity index (χ1) is 7.85. The van der Waals surface area contributed by atoms with E-state index >= 15 is 0 Å². The molecule has 7 heteroatoms. The Morgan fingerprint density at radius 3 is 2.59 bits per heavy atom. The predicted octanol–water partition coefficient (Wildman–Crippen LogP) is 2.50. The van der Waals surface area contributed by atoms with Crippen LogP contribution in [-0.4, -0.2) is 34.1 Å². The average Bonchev–Trinajstić information content (AvgIpc) is 2.15. The minimum Gasteiger partial charge on any atom is -0.376 e. The maximum Gasteiger partial charge on any atom is 0.233 e. The SMILES string of the molecule is CN(C)c1ccc(Br)cc1NS(=O)(=O)CCCl. The van der Waals surface area contributed by atoms with E-state index in [-0.39, 0.29) is 11.6 Å². The molecule has 0 unspecified atom stereocenters. The van der Waals surface area contributed by atoms with E-state index in [1.54, 1.807) is 6.07 Å². The number of nitrogens with zero attached hydrogens (tertiary/aromatic N) is 1. The highest BCUT2D eigenvalue weighted by Crippen LogP contribution is 2.28. The largest absolute Gasteiger partial charge is 0.376 e. The summed E-state index contributed by atoms with van der Waals surface area (Å²) in [4.78, 5) is 1.84. The molecule has 0 amide bonds. The van der Waals surface area contributed by atoms with E-state index in [9.17, 15) is 8.42 Å². The summed E-state index contributed by atoms with van der Waals surface area (Å²) in [6.45, 7) is 0. The Kier molecular flexibility index (Phi) is 5.09. The summed E-state index contributed by atoms with van der Waals surface area (Å²) in [7, 11) is 0.313. The van der Waals surface area contributed by atoms with Crippen LogP contribution in [0.5, 0.6) is 0 Å². The molecule has 1 aromatic rings. The molecule has 0 bridgehead atoms. The van der Waals surface area contributed by atoms with E-state index in [4.69, 9.17) is 11.6 Å². The van der Waals surface area contributed by atoms with Gasteiger partial charge in [-0.3, -0.25) is 4.72 Å². The number of anilines is 2. The van der Waals surface area contributed by atoms with Crippen LogP contribution in [0.4, 0.5) is 11.4 Å². The van der Waals surface area contributed by atoms with Crippen LogP contribution in [0, 0.1) is 0 Å². The molecule has 0 aliphatic heterocycles. The molecule has 4 nitrogen and oxygen atoms in total. The normalized spacial score (nSPS) is 11.3. The zero-order chi connectivity index (χ0) is 13.1. The van der Waals surface area contributed by atoms with Crippen LogP contribution in [-0.2, 0) is 10.0 Å². The van der Waals surface area contributed by atoms with Crippen molar-refractivity contribution in [3.05, 3.63) is 22.7 Å². The van der Waals surface area contributed by atoms with Crippen molar-refractivity contribution in [3.63, 3.8) is 0 Å². The number of benzene rings is 1. The lowest BCUT2D eigenvalue weighted by Crippen LogP contribution is -2.20. The summed E-state index contributed by atoms with van der Waals surface area (Å²) >= 11 is 8.76. The van der Waals surface area contributed by atoms with Crippen LogP contribution in [0.2, 0.25) is 0 Å². The minimum absolute atomic E-state index is 0.0701. The van der Waals surface area contributed by atoms with Crippen molar-refractivity contribution >= 4 is 48.9 Å². The van der Waals surface area contributed by atoms with Gasteiger partial charge in [0, 0.05) is 24.4 Å². The summed E-state index contributed by atoms with van der Waals surface area (Å²) < 4.78 is 26.7. The van der Waals surface area contributed by atoms with Gasteiger partial charge in [0.1, 0.15) is 0 Å². The Hall–Kier alpha value is -0.460. The molecule has 0 atom stereocenters. The molecule has 0 spiro atoms. The molecule has 0 saturated heterocycles. The van der Waals surface area contributed by atoms with E-state index in [1.165, 1.54) is 0 Å². The number of alkyl halides is 1. The molecule has 0 aromatic heterocycles. The number of nitrogens with one attached hydrogen (secondary N) is 1. The summed E-state index contributed by atoms with van der Waals surface area (Å²) in [6.07, 6.45) is 0. The van der Waals surface area contributed by atoms with Crippen molar-refractivity contribution in [2.75, 3.05) is 35.4 Å². The minimum atomic E-state index is -3.39. The Labute approximate surface area is 115 Å². The summed E-state index contributed by atoms with van der Waals surface area (Å²) in [5.41, 5.74) is 1.33. The lowest BCUT2D eigenvalue weighted by Gasteiger charge is -2.18. The first kappa shape index (κ1) is 14.6. The fourth-order valence-corrected chi connectivity index (χ4v) is 3.07. The molecule has 17 heavy (non-hydrogen) atoms. The van der Waals surface area contributed by atoms with Crippen LogP contribution in [0.15, 0.2) is 22.7 Å². The number of rotatable bonds is 5. The lowest BCUT2D eigenvalue weighted by molar-refractivity contribution is 0.602. The predicted molar refractivity (Wildman–Crippen MR) is 76.6 cm³/mol. The second kappa shape index (κ2) is 5.93. The fourth-order valence-electron chi connectivity index (χ4n) is 1.30. The van der Waals surface area contributed by atoms with Crippen molar-refractivity contribution in [2.45, 2.75) is 0 Å². The topological polar surface area (TPSA) is 49.4 Å². The van der Waals surface area contributed by atoms with Crippen LogP contribution in [0.3, 0.4) is 0 Å². The van der Waals surface area contributed by atoms with Gasteiger partial charge in [-0.2, -0.15) is 0 Å². The monoisotopic (exact) mass is 340 g/mol. The molecule has 1 N–H and O–H groups in total. The number of halogens is 2.